The summed E-state index contributed by atoms with van der Waals surface area (Å²) in [4.78, 5) is 44.2. The van der Waals surface area contributed by atoms with Crippen LogP contribution in [-0.2, 0) is 14.4 Å². The van der Waals surface area contributed by atoms with E-state index in [0.717, 1.165) is 22.4 Å². The number of anilines is 1. The van der Waals surface area contributed by atoms with Crippen molar-refractivity contribution in [2.45, 2.75) is 33.2 Å². The Labute approximate surface area is 201 Å². The summed E-state index contributed by atoms with van der Waals surface area (Å²) in [5.41, 5.74) is 4.05. The van der Waals surface area contributed by atoms with E-state index in [9.17, 15) is 14.4 Å². The number of nitrogens with one attached hydrogen (secondary N) is 1. The lowest BCUT2D eigenvalue weighted by molar-refractivity contribution is -0.137. The second-order valence-electron chi connectivity index (χ2n) is 9.45. The molecule has 0 radical (unpaired) electrons. The molecular weight excluding hydrogens is 428 g/mol. The van der Waals surface area contributed by atoms with Gasteiger partial charge in [0.25, 0.3) is 0 Å². The molecule has 34 heavy (non-hydrogen) atoms. The minimum Gasteiger partial charge on any atom is -0.340 e. The standard InChI is InChI=1S/C27H34N4O3/c1-19-8-7-9-20(2)26(19)28-24(32)18-29-12-14-30(15-13-29)27(34)23-16-25(33)31(17-23)21(3)22-10-5-4-6-11-22/h4-11,21,23H,12-18H2,1-3H3,(H,28,32)/t21-,23+/m1/s1. The third-order valence-electron chi connectivity index (χ3n) is 7.05. The van der Waals surface area contributed by atoms with Crippen molar-refractivity contribution in [2.75, 3.05) is 44.6 Å². The SMILES string of the molecule is Cc1cccc(C)c1NC(=O)CN1CCN(C(=O)[C@H]2CC(=O)N([C@H](C)c3ccccc3)C2)CC1. The highest BCUT2D eigenvalue weighted by Gasteiger charge is 2.39. The Balaban J connectivity index is 1.27. The molecule has 3 amide bonds. The molecule has 0 spiro atoms. The fraction of sp³-hybridized carbons (Fsp3) is 0.444. The predicted molar refractivity (Wildman–Crippen MR) is 132 cm³/mol. The molecule has 7 nitrogen and oxygen atoms in total. The first kappa shape index (κ1) is 24.0. The zero-order valence-corrected chi connectivity index (χ0v) is 20.3. The summed E-state index contributed by atoms with van der Waals surface area (Å²) in [6.45, 7) is 9.22. The van der Waals surface area contributed by atoms with Gasteiger partial charge in [0, 0.05) is 44.8 Å². The molecule has 0 unspecified atom stereocenters. The number of carbonyl (C=O) groups is 3. The van der Waals surface area contributed by atoms with Crippen molar-refractivity contribution in [1.82, 2.24) is 14.7 Å². The van der Waals surface area contributed by atoms with Crippen LogP contribution in [0.4, 0.5) is 5.69 Å². The average molecular weight is 463 g/mol. The van der Waals surface area contributed by atoms with Crippen molar-refractivity contribution >= 4 is 23.4 Å². The molecule has 2 fully saturated rings. The number of para-hydroxylation sites is 1. The van der Waals surface area contributed by atoms with E-state index in [4.69, 9.17) is 0 Å². The Morgan fingerprint density at radius 1 is 0.971 bits per heavy atom. The van der Waals surface area contributed by atoms with Crippen LogP contribution in [0.5, 0.6) is 0 Å². The van der Waals surface area contributed by atoms with Gasteiger partial charge in [-0.15, -0.1) is 0 Å². The zero-order chi connectivity index (χ0) is 24.2. The topological polar surface area (TPSA) is 73.0 Å². The van der Waals surface area contributed by atoms with Gasteiger partial charge in [-0.2, -0.15) is 0 Å². The van der Waals surface area contributed by atoms with Gasteiger partial charge >= 0.3 is 0 Å². The molecule has 2 aromatic rings. The minimum atomic E-state index is -0.294. The van der Waals surface area contributed by atoms with Gasteiger partial charge in [-0.3, -0.25) is 19.3 Å². The smallest absolute Gasteiger partial charge is 0.238 e. The summed E-state index contributed by atoms with van der Waals surface area (Å²) in [5, 5.41) is 3.03. The summed E-state index contributed by atoms with van der Waals surface area (Å²) < 4.78 is 0. The number of amides is 3. The van der Waals surface area contributed by atoms with E-state index in [1.54, 1.807) is 0 Å². The summed E-state index contributed by atoms with van der Waals surface area (Å²) >= 11 is 0. The fourth-order valence-electron chi connectivity index (χ4n) is 4.96. The number of aryl methyl sites for hydroxylation is 2. The molecule has 0 aliphatic carbocycles. The number of piperazine rings is 1. The molecule has 2 aliphatic rings. The van der Waals surface area contributed by atoms with Gasteiger partial charge in [-0.1, -0.05) is 48.5 Å². The molecule has 0 bridgehead atoms. The maximum atomic E-state index is 13.1. The molecule has 1 N–H and O–H groups in total. The number of hydrogen-bond acceptors (Lipinski definition) is 4. The molecule has 2 aliphatic heterocycles. The van der Waals surface area contributed by atoms with Crippen molar-refractivity contribution < 1.29 is 14.4 Å². The highest BCUT2D eigenvalue weighted by molar-refractivity contribution is 5.94. The lowest BCUT2D eigenvalue weighted by Crippen LogP contribution is -2.52. The quantitative estimate of drug-likeness (QED) is 0.716. The molecule has 180 valence electrons. The minimum absolute atomic E-state index is 0.0379. The number of hydrogen-bond donors (Lipinski definition) is 1. The Morgan fingerprint density at radius 2 is 1.62 bits per heavy atom. The molecule has 0 saturated carbocycles. The van der Waals surface area contributed by atoms with Crippen LogP contribution in [0.3, 0.4) is 0 Å². The van der Waals surface area contributed by atoms with E-state index in [2.05, 4.69) is 10.2 Å². The maximum absolute atomic E-state index is 13.1. The van der Waals surface area contributed by atoms with Gasteiger partial charge in [0.05, 0.1) is 18.5 Å². The number of nitrogens with zero attached hydrogens (tertiary/aromatic N) is 3. The highest BCUT2D eigenvalue weighted by Crippen LogP contribution is 2.29. The monoisotopic (exact) mass is 462 g/mol. The molecule has 2 heterocycles. The van der Waals surface area contributed by atoms with Crippen molar-refractivity contribution in [3.63, 3.8) is 0 Å². The molecule has 2 atom stereocenters. The normalized spacial score (nSPS) is 19.9. The van der Waals surface area contributed by atoms with Crippen molar-refractivity contribution in [2.24, 2.45) is 5.92 Å². The number of benzene rings is 2. The first-order chi connectivity index (χ1) is 16.3. The Hall–Kier alpha value is -3.19. The molecule has 2 aromatic carbocycles. The van der Waals surface area contributed by atoms with E-state index in [-0.39, 0.29) is 36.1 Å². The second kappa shape index (κ2) is 10.4. The van der Waals surface area contributed by atoms with E-state index >= 15 is 0 Å². The van der Waals surface area contributed by atoms with Crippen LogP contribution in [0.2, 0.25) is 0 Å². The fourth-order valence-corrected chi connectivity index (χ4v) is 4.96. The van der Waals surface area contributed by atoms with E-state index in [1.807, 2.05) is 79.1 Å². The van der Waals surface area contributed by atoms with Gasteiger partial charge in [-0.25, -0.2) is 0 Å². The highest BCUT2D eigenvalue weighted by atomic mass is 16.2. The molecule has 0 aromatic heterocycles. The van der Waals surface area contributed by atoms with Crippen LogP contribution >= 0.6 is 0 Å². The average Bonchev–Trinajstić information content (AvgIpc) is 3.23. The van der Waals surface area contributed by atoms with Gasteiger partial charge in [0.1, 0.15) is 0 Å². The maximum Gasteiger partial charge on any atom is 0.238 e. The van der Waals surface area contributed by atoms with Crippen molar-refractivity contribution in [3.8, 4) is 0 Å². The zero-order valence-electron chi connectivity index (χ0n) is 20.3. The Bertz CT molecular complexity index is 1030. The van der Waals surface area contributed by atoms with Crippen LogP contribution in [0.1, 0.15) is 36.1 Å². The van der Waals surface area contributed by atoms with Gasteiger partial charge < -0.3 is 15.1 Å². The summed E-state index contributed by atoms with van der Waals surface area (Å²) in [6.07, 6.45) is 0.272. The van der Waals surface area contributed by atoms with Gasteiger partial charge in [-0.05, 0) is 37.5 Å². The third kappa shape index (κ3) is 5.30. The summed E-state index contributed by atoms with van der Waals surface area (Å²) in [7, 11) is 0. The molecule has 2 saturated heterocycles. The van der Waals surface area contributed by atoms with Crippen LogP contribution in [0.25, 0.3) is 0 Å². The van der Waals surface area contributed by atoms with E-state index in [0.29, 0.717) is 39.3 Å². The molecule has 4 rings (SSSR count). The first-order valence-electron chi connectivity index (χ1n) is 12.0. The second-order valence-corrected chi connectivity index (χ2v) is 9.45. The first-order valence-corrected chi connectivity index (χ1v) is 12.0. The Morgan fingerprint density at radius 3 is 2.26 bits per heavy atom. The van der Waals surface area contributed by atoms with Crippen molar-refractivity contribution in [3.05, 3.63) is 65.2 Å². The Kier molecular flexibility index (Phi) is 7.32. The lowest BCUT2D eigenvalue weighted by Gasteiger charge is -2.35. The molecular formula is C27H34N4O3. The number of rotatable bonds is 6. The van der Waals surface area contributed by atoms with Crippen LogP contribution in [0.15, 0.2) is 48.5 Å². The largest absolute Gasteiger partial charge is 0.340 e. The van der Waals surface area contributed by atoms with Crippen LogP contribution in [0, 0.1) is 19.8 Å². The number of carbonyl (C=O) groups excluding carboxylic acids is 3. The molecule has 7 heteroatoms. The van der Waals surface area contributed by atoms with E-state index < -0.39 is 0 Å². The van der Waals surface area contributed by atoms with Crippen LogP contribution < -0.4 is 5.32 Å². The summed E-state index contributed by atoms with van der Waals surface area (Å²) in [6, 6.07) is 15.8. The summed E-state index contributed by atoms with van der Waals surface area (Å²) in [5.74, 6) is -0.242. The van der Waals surface area contributed by atoms with E-state index in [1.165, 1.54) is 0 Å². The number of likely N-dealkylation sites (tertiary alicyclic amines) is 1. The van der Waals surface area contributed by atoms with Crippen LogP contribution in [-0.4, -0.2) is 71.7 Å². The lowest BCUT2D eigenvalue weighted by atomic mass is 10.1. The van der Waals surface area contributed by atoms with Gasteiger partial charge in [0.2, 0.25) is 17.7 Å². The predicted octanol–water partition coefficient (Wildman–Crippen LogP) is 3.00. The van der Waals surface area contributed by atoms with Crippen molar-refractivity contribution in [1.29, 1.82) is 0 Å². The third-order valence-corrected chi connectivity index (χ3v) is 7.05. The van der Waals surface area contributed by atoms with Gasteiger partial charge in [0.15, 0.2) is 0 Å².